The highest BCUT2D eigenvalue weighted by Crippen LogP contribution is 2.29. The fourth-order valence-electron chi connectivity index (χ4n) is 2.76. The number of nitrogens with one attached hydrogen (secondary N) is 1. The van der Waals surface area contributed by atoms with Crippen LogP contribution in [0.3, 0.4) is 0 Å². The van der Waals surface area contributed by atoms with Gasteiger partial charge in [-0.25, -0.2) is 4.98 Å². The SMILES string of the molecule is Cc1cc(C#CC(C)(C)C)ccc1C(=O)Nc1cccc2c(Cl)nc(I)cc12. The van der Waals surface area contributed by atoms with Crippen molar-refractivity contribution in [3.63, 3.8) is 0 Å². The third-order valence-corrected chi connectivity index (χ3v) is 4.94. The van der Waals surface area contributed by atoms with Crippen molar-refractivity contribution in [3.05, 3.63) is 68.0 Å². The molecule has 0 fully saturated rings. The molecule has 0 unspecified atom stereocenters. The molecule has 1 heterocycles. The van der Waals surface area contributed by atoms with Gasteiger partial charge in [-0.3, -0.25) is 4.79 Å². The van der Waals surface area contributed by atoms with E-state index in [2.05, 4.69) is 65.5 Å². The van der Waals surface area contributed by atoms with Crippen molar-refractivity contribution in [2.75, 3.05) is 5.32 Å². The Morgan fingerprint density at radius 2 is 1.89 bits per heavy atom. The quantitative estimate of drug-likeness (QED) is 0.248. The number of aromatic nitrogens is 1. The first-order valence-electron chi connectivity index (χ1n) is 8.84. The minimum atomic E-state index is -0.164. The van der Waals surface area contributed by atoms with E-state index >= 15 is 0 Å². The summed E-state index contributed by atoms with van der Waals surface area (Å²) in [6.45, 7) is 8.13. The van der Waals surface area contributed by atoms with Crippen LogP contribution < -0.4 is 5.32 Å². The first-order chi connectivity index (χ1) is 13.1. The number of fused-ring (bicyclic) bond motifs is 1. The van der Waals surface area contributed by atoms with Crippen LogP contribution in [0.2, 0.25) is 5.15 Å². The van der Waals surface area contributed by atoms with E-state index in [0.29, 0.717) is 16.4 Å². The molecule has 3 aromatic rings. The van der Waals surface area contributed by atoms with E-state index in [1.165, 1.54) is 0 Å². The van der Waals surface area contributed by atoms with Gasteiger partial charge in [-0.1, -0.05) is 35.6 Å². The van der Waals surface area contributed by atoms with E-state index in [0.717, 1.165) is 25.6 Å². The summed E-state index contributed by atoms with van der Waals surface area (Å²) < 4.78 is 0.773. The Balaban J connectivity index is 1.92. The number of hydrogen-bond donors (Lipinski definition) is 1. The Morgan fingerprint density at radius 1 is 1.14 bits per heavy atom. The second-order valence-electron chi connectivity index (χ2n) is 7.62. The molecule has 0 radical (unpaired) electrons. The second-order valence-corrected chi connectivity index (χ2v) is 9.08. The first-order valence-corrected chi connectivity index (χ1v) is 10.3. The Hall–Kier alpha value is -2.10. The number of nitrogens with zero attached hydrogens (tertiary/aromatic N) is 1. The van der Waals surface area contributed by atoms with Crippen LogP contribution in [0.5, 0.6) is 0 Å². The van der Waals surface area contributed by atoms with E-state index in [1.807, 2.05) is 49.4 Å². The number of pyridine rings is 1. The predicted octanol–water partition coefficient (Wildman–Crippen LogP) is 6.45. The van der Waals surface area contributed by atoms with Crippen LogP contribution in [0.1, 0.15) is 42.3 Å². The van der Waals surface area contributed by atoms with Crippen LogP contribution in [-0.4, -0.2) is 10.9 Å². The molecule has 2 aromatic carbocycles. The molecule has 0 aliphatic carbocycles. The molecule has 1 N–H and O–H groups in total. The van der Waals surface area contributed by atoms with Gasteiger partial charge < -0.3 is 5.32 Å². The molecular formula is C23H20ClIN2O. The van der Waals surface area contributed by atoms with E-state index in [1.54, 1.807) is 0 Å². The van der Waals surface area contributed by atoms with Crippen molar-refractivity contribution in [3.8, 4) is 11.8 Å². The monoisotopic (exact) mass is 502 g/mol. The molecule has 0 saturated heterocycles. The third kappa shape index (κ3) is 4.84. The molecule has 28 heavy (non-hydrogen) atoms. The standard InChI is InChI=1S/C23H20ClIN2O/c1-14-12-15(10-11-23(2,3)4)8-9-16(14)22(28)26-19-7-5-6-17-18(19)13-20(25)27-21(17)24/h5-9,12-13H,1-4H3,(H,26,28). The molecule has 1 aromatic heterocycles. The molecule has 0 saturated carbocycles. The van der Waals surface area contributed by atoms with Crippen molar-refractivity contribution in [2.24, 2.45) is 5.41 Å². The van der Waals surface area contributed by atoms with Crippen molar-refractivity contribution in [1.82, 2.24) is 4.98 Å². The zero-order chi connectivity index (χ0) is 20.5. The predicted molar refractivity (Wildman–Crippen MR) is 125 cm³/mol. The third-order valence-electron chi connectivity index (χ3n) is 4.10. The first kappa shape index (κ1) is 20.6. The molecule has 3 rings (SSSR count). The molecular weight excluding hydrogens is 483 g/mol. The lowest BCUT2D eigenvalue weighted by molar-refractivity contribution is 0.102. The Bertz CT molecular complexity index is 1140. The maximum absolute atomic E-state index is 12.9. The fourth-order valence-corrected chi connectivity index (χ4v) is 3.71. The van der Waals surface area contributed by atoms with Gasteiger partial charge in [-0.05, 0) is 86.2 Å². The fraction of sp³-hybridized carbons (Fsp3) is 0.217. The average Bonchev–Trinajstić information content (AvgIpc) is 2.60. The molecule has 0 bridgehead atoms. The van der Waals surface area contributed by atoms with Gasteiger partial charge in [0.2, 0.25) is 0 Å². The summed E-state index contributed by atoms with van der Waals surface area (Å²) in [5, 5.41) is 5.11. The van der Waals surface area contributed by atoms with E-state index in [-0.39, 0.29) is 11.3 Å². The topological polar surface area (TPSA) is 42.0 Å². The van der Waals surface area contributed by atoms with Gasteiger partial charge in [-0.2, -0.15) is 0 Å². The highest BCUT2D eigenvalue weighted by molar-refractivity contribution is 14.1. The average molecular weight is 503 g/mol. The highest BCUT2D eigenvalue weighted by atomic mass is 127. The van der Waals surface area contributed by atoms with Crippen molar-refractivity contribution >= 4 is 56.6 Å². The van der Waals surface area contributed by atoms with Gasteiger partial charge in [0, 0.05) is 33.0 Å². The number of aryl methyl sites for hydroxylation is 1. The number of hydrogen-bond acceptors (Lipinski definition) is 2. The van der Waals surface area contributed by atoms with E-state index in [9.17, 15) is 4.79 Å². The summed E-state index contributed by atoms with van der Waals surface area (Å²) in [5.41, 5.74) is 3.05. The van der Waals surface area contributed by atoms with Gasteiger partial charge in [0.05, 0.1) is 0 Å². The van der Waals surface area contributed by atoms with Gasteiger partial charge in [-0.15, -0.1) is 0 Å². The van der Waals surface area contributed by atoms with Crippen LogP contribution in [0, 0.1) is 27.9 Å². The van der Waals surface area contributed by atoms with E-state index < -0.39 is 0 Å². The molecule has 1 amide bonds. The van der Waals surface area contributed by atoms with Crippen molar-refractivity contribution in [2.45, 2.75) is 27.7 Å². The Labute approximate surface area is 184 Å². The molecule has 142 valence electrons. The summed E-state index contributed by atoms with van der Waals surface area (Å²) in [6.07, 6.45) is 0. The lowest BCUT2D eigenvalue weighted by Gasteiger charge is -2.12. The maximum atomic E-state index is 12.9. The summed E-state index contributed by atoms with van der Waals surface area (Å²) in [6, 6.07) is 13.2. The van der Waals surface area contributed by atoms with Crippen LogP contribution in [0.25, 0.3) is 10.8 Å². The van der Waals surface area contributed by atoms with Gasteiger partial charge in [0.15, 0.2) is 0 Å². The van der Waals surface area contributed by atoms with Gasteiger partial charge >= 0.3 is 0 Å². The minimum absolute atomic E-state index is 0.0635. The summed E-state index contributed by atoms with van der Waals surface area (Å²) in [4.78, 5) is 17.1. The van der Waals surface area contributed by atoms with Crippen molar-refractivity contribution < 1.29 is 4.79 Å². The van der Waals surface area contributed by atoms with E-state index in [4.69, 9.17) is 11.6 Å². The number of rotatable bonds is 2. The molecule has 0 spiro atoms. The smallest absolute Gasteiger partial charge is 0.255 e. The largest absolute Gasteiger partial charge is 0.321 e. The second kappa shape index (κ2) is 8.10. The van der Waals surface area contributed by atoms with Gasteiger partial charge in [0.25, 0.3) is 5.91 Å². The molecule has 3 nitrogen and oxygen atoms in total. The number of carbonyl (C=O) groups is 1. The minimum Gasteiger partial charge on any atom is -0.321 e. The van der Waals surface area contributed by atoms with Gasteiger partial charge in [0.1, 0.15) is 8.85 Å². The van der Waals surface area contributed by atoms with Crippen LogP contribution in [-0.2, 0) is 0 Å². The van der Waals surface area contributed by atoms with Crippen molar-refractivity contribution in [1.29, 1.82) is 0 Å². The van der Waals surface area contributed by atoms with Crippen LogP contribution in [0.15, 0.2) is 42.5 Å². The number of amides is 1. The number of carbonyl (C=O) groups excluding carboxylic acids is 1. The molecule has 0 atom stereocenters. The van der Waals surface area contributed by atoms with Crippen LogP contribution >= 0.6 is 34.2 Å². The lowest BCUT2D eigenvalue weighted by Crippen LogP contribution is -2.14. The molecule has 0 aliphatic rings. The molecule has 0 aliphatic heterocycles. The summed E-state index contributed by atoms with van der Waals surface area (Å²) in [5.74, 6) is 6.23. The number of halogens is 2. The number of benzene rings is 2. The Morgan fingerprint density at radius 3 is 2.57 bits per heavy atom. The summed E-state index contributed by atoms with van der Waals surface area (Å²) in [7, 11) is 0. The zero-order valence-electron chi connectivity index (χ0n) is 16.2. The lowest BCUT2D eigenvalue weighted by atomic mass is 9.97. The number of anilines is 1. The zero-order valence-corrected chi connectivity index (χ0v) is 19.1. The maximum Gasteiger partial charge on any atom is 0.255 e. The normalized spacial score (nSPS) is 11.1. The Kier molecular flexibility index (Phi) is 5.97. The highest BCUT2D eigenvalue weighted by Gasteiger charge is 2.13. The molecule has 5 heteroatoms. The summed E-state index contributed by atoms with van der Waals surface area (Å²) >= 11 is 8.37. The van der Waals surface area contributed by atoms with Crippen LogP contribution in [0.4, 0.5) is 5.69 Å².